The number of fused-ring (bicyclic) bond motifs is 1. The molecule has 6 heteroatoms. The van der Waals surface area contributed by atoms with Gasteiger partial charge in [-0.3, -0.25) is 0 Å². The number of halogens is 4. The van der Waals surface area contributed by atoms with Gasteiger partial charge in [-0.2, -0.15) is 13.2 Å². The standard InChI is InChI=1S/C8H4BrF3O2/c9-7(10)8(11,12)14-6-4-2-1-3-5(6)13-7/h1-4H. The van der Waals surface area contributed by atoms with Crippen LogP contribution in [-0.4, -0.2) is 10.9 Å². The van der Waals surface area contributed by atoms with Crippen LogP contribution < -0.4 is 9.47 Å². The fourth-order valence-corrected chi connectivity index (χ4v) is 1.27. The van der Waals surface area contributed by atoms with Gasteiger partial charge in [0.25, 0.3) is 0 Å². The Kier molecular flexibility index (Phi) is 1.92. The van der Waals surface area contributed by atoms with Crippen molar-refractivity contribution < 1.29 is 22.6 Å². The zero-order valence-corrected chi connectivity index (χ0v) is 8.22. The number of hydrogen-bond donors (Lipinski definition) is 0. The van der Waals surface area contributed by atoms with Crippen molar-refractivity contribution >= 4 is 15.9 Å². The van der Waals surface area contributed by atoms with E-state index in [0.717, 1.165) is 0 Å². The van der Waals surface area contributed by atoms with Crippen LogP contribution in [0.5, 0.6) is 11.5 Å². The molecule has 2 rings (SSSR count). The summed E-state index contributed by atoms with van der Waals surface area (Å²) in [5, 5.41) is 0. The Morgan fingerprint density at radius 2 is 1.50 bits per heavy atom. The molecule has 1 unspecified atom stereocenters. The molecule has 0 saturated heterocycles. The maximum absolute atomic E-state index is 13.1. The third-order valence-electron chi connectivity index (χ3n) is 1.66. The van der Waals surface area contributed by atoms with E-state index in [-0.39, 0.29) is 11.5 Å². The third kappa shape index (κ3) is 1.33. The maximum Gasteiger partial charge on any atom is 0.483 e. The number of para-hydroxylation sites is 2. The van der Waals surface area contributed by atoms with Crippen molar-refractivity contribution in [3.05, 3.63) is 24.3 Å². The lowest BCUT2D eigenvalue weighted by atomic mass is 10.3. The van der Waals surface area contributed by atoms with Crippen LogP contribution in [0.25, 0.3) is 0 Å². The lowest BCUT2D eigenvalue weighted by Gasteiger charge is -2.33. The quantitative estimate of drug-likeness (QED) is 0.674. The van der Waals surface area contributed by atoms with E-state index in [4.69, 9.17) is 0 Å². The number of alkyl halides is 4. The molecule has 1 aliphatic rings. The van der Waals surface area contributed by atoms with E-state index >= 15 is 0 Å². The van der Waals surface area contributed by atoms with Crippen LogP contribution in [0, 0.1) is 0 Å². The van der Waals surface area contributed by atoms with Crippen molar-refractivity contribution in [1.82, 2.24) is 0 Å². The van der Waals surface area contributed by atoms with E-state index in [1.165, 1.54) is 24.3 Å². The van der Waals surface area contributed by atoms with Gasteiger partial charge in [-0.1, -0.05) is 12.1 Å². The second-order valence-electron chi connectivity index (χ2n) is 2.68. The zero-order valence-electron chi connectivity index (χ0n) is 6.64. The number of rotatable bonds is 0. The molecule has 0 bridgehead atoms. The second kappa shape index (κ2) is 2.79. The molecule has 0 fully saturated rings. The van der Waals surface area contributed by atoms with Gasteiger partial charge in [0.15, 0.2) is 11.5 Å². The van der Waals surface area contributed by atoms with Crippen LogP contribution in [0.4, 0.5) is 13.2 Å². The Labute approximate surface area is 85.7 Å². The lowest BCUT2D eigenvalue weighted by molar-refractivity contribution is -0.295. The van der Waals surface area contributed by atoms with E-state index in [1.54, 1.807) is 0 Å². The monoisotopic (exact) mass is 268 g/mol. The molecule has 14 heavy (non-hydrogen) atoms. The first-order chi connectivity index (χ1) is 6.42. The van der Waals surface area contributed by atoms with Gasteiger partial charge in [0.2, 0.25) is 0 Å². The summed E-state index contributed by atoms with van der Waals surface area (Å²) < 4.78 is 44.2. The molecule has 0 aromatic heterocycles. The molecule has 1 heterocycles. The van der Waals surface area contributed by atoms with Crippen LogP contribution in [-0.2, 0) is 0 Å². The smallest absolute Gasteiger partial charge is 0.437 e. The average Bonchev–Trinajstić information content (AvgIpc) is 2.05. The minimum Gasteiger partial charge on any atom is -0.437 e. The van der Waals surface area contributed by atoms with Crippen LogP contribution in [0.3, 0.4) is 0 Å². The molecule has 0 amide bonds. The molecule has 1 aliphatic heterocycles. The molecule has 0 aliphatic carbocycles. The molecular formula is C8H4BrF3O2. The summed E-state index contributed by atoms with van der Waals surface area (Å²) in [5.74, 6) is -0.261. The third-order valence-corrected chi connectivity index (χ3v) is 2.29. The molecule has 0 spiro atoms. The van der Waals surface area contributed by atoms with Gasteiger partial charge in [0, 0.05) is 15.9 Å². The summed E-state index contributed by atoms with van der Waals surface area (Å²) in [4.78, 5) is 0. The number of benzene rings is 1. The minimum absolute atomic E-state index is 0.0715. The summed E-state index contributed by atoms with van der Waals surface area (Å²) >= 11 is 2.12. The Morgan fingerprint density at radius 1 is 1.00 bits per heavy atom. The molecule has 0 saturated carbocycles. The first kappa shape index (κ1) is 9.64. The van der Waals surface area contributed by atoms with Crippen LogP contribution in [0.15, 0.2) is 24.3 Å². The van der Waals surface area contributed by atoms with Gasteiger partial charge in [-0.15, -0.1) is 0 Å². The highest BCUT2D eigenvalue weighted by molar-refractivity contribution is 9.10. The molecule has 2 nitrogen and oxygen atoms in total. The molecule has 0 N–H and O–H groups in total. The van der Waals surface area contributed by atoms with Crippen LogP contribution in [0.1, 0.15) is 0 Å². The van der Waals surface area contributed by atoms with Crippen molar-refractivity contribution in [2.24, 2.45) is 0 Å². The van der Waals surface area contributed by atoms with Crippen molar-refractivity contribution in [3.63, 3.8) is 0 Å². The summed E-state index contributed by atoms with van der Waals surface area (Å²) in [6.45, 7) is 0. The Balaban J connectivity index is 2.46. The molecule has 76 valence electrons. The summed E-state index contributed by atoms with van der Waals surface area (Å²) in [6, 6.07) is 5.61. The van der Waals surface area contributed by atoms with Gasteiger partial charge >= 0.3 is 10.9 Å². The lowest BCUT2D eigenvalue weighted by Crippen LogP contribution is -2.50. The largest absolute Gasteiger partial charge is 0.483 e. The summed E-state index contributed by atoms with van der Waals surface area (Å²) in [6.07, 6.45) is -4.05. The molecular weight excluding hydrogens is 265 g/mol. The number of ether oxygens (including phenoxy) is 2. The average molecular weight is 269 g/mol. The molecule has 1 aromatic rings. The molecule has 0 radical (unpaired) electrons. The van der Waals surface area contributed by atoms with Gasteiger partial charge in [-0.25, -0.2) is 0 Å². The topological polar surface area (TPSA) is 18.5 Å². The van der Waals surface area contributed by atoms with E-state index in [2.05, 4.69) is 25.4 Å². The first-order valence-electron chi connectivity index (χ1n) is 3.65. The Morgan fingerprint density at radius 3 is 2.07 bits per heavy atom. The normalized spacial score (nSPS) is 28.6. The van der Waals surface area contributed by atoms with Crippen molar-refractivity contribution in [2.75, 3.05) is 0 Å². The predicted molar refractivity (Wildman–Crippen MR) is 45.4 cm³/mol. The van der Waals surface area contributed by atoms with Gasteiger partial charge in [-0.05, 0) is 12.1 Å². The van der Waals surface area contributed by atoms with Crippen molar-refractivity contribution in [2.45, 2.75) is 10.9 Å². The van der Waals surface area contributed by atoms with Gasteiger partial charge in [0.05, 0.1) is 0 Å². The first-order valence-corrected chi connectivity index (χ1v) is 4.44. The SMILES string of the molecule is FC1(F)Oc2ccccc2OC1(F)Br. The van der Waals surface area contributed by atoms with E-state index < -0.39 is 10.9 Å². The van der Waals surface area contributed by atoms with E-state index in [9.17, 15) is 13.2 Å². The highest BCUT2D eigenvalue weighted by Crippen LogP contribution is 2.48. The van der Waals surface area contributed by atoms with Crippen molar-refractivity contribution in [3.8, 4) is 11.5 Å². The number of hydrogen-bond acceptors (Lipinski definition) is 2. The summed E-state index contributed by atoms with van der Waals surface area (Å²) in [5.41, 5.74) is 0. The predicted octanol–water partition coefficient (Wildman–Crippen LogP) is 3.07. The van der Waals surface area contributed by atoms with Gasteiger partial charge < -0.3 is 9.47 Å². The zero-order chi connectivity index (χ0) is 10.4. The highest BCUT2D eigenvalue weighted by Gasteiger charge is 2.62. The Bertz CT molecular complexity index is 332. The summed E-state index contributed by atoms with van der Waals surface area (Å²) in [7, 11) is 0. The van der Waals surface area contributed by atoms with E-state index in [0.29, 0.717) is 0 Å². The van der Waals surface area contributed by atoms with Crippen molar-refractivity contribution in [1.29, 1.82) is 0 Å². The fourth-order valence-electron chi connectivity index (χ4n) is 1.01. The second-order valence-corrected chi connectivity index (χ2v) is 3.70. The van der Waals surface area contributed by atoms with Crippen LogP contribution >= 0.6 is 15.9 Å². The highest BCUT2D eigenvalue weighted by atomic mass is 79.9. The Hall–Kier alpha value is -0.910. The fraction of sp³-hybridized carbons (Fsp3) is 0.250. The minimum atomic E-state index is -4.05. The molecule has 1 atom stereocenters. The molecule has 1 aromatic carbocycles. The van der Waals surface area contributed by atoms with Crippen LogP contribution in [0.2, 0.25) is 0 Å². The maximum atomic E-state index is 13.1. The van der Waals surface area contributed by atoms with Gasteiger partial charge in [0.1, 0.15) is 0 Å². The van der Waals surface area contributed by atoms with E-state index in [1.807, 2.05) is 0 Å².